The van der Waals surface area contributed by atoms with E-state index < -0.39 is 23.7 Å². The monoisotopic (exact) mass is 309 g/mol. The first kappa shape index (κ1) is 18.1. The lowest BCUT2D eigenvalue weighted by Gasteiger charge is -2.14. The Morgan fingerprint density at radius 2 is 1.77 bits per heavy atom. The van der Waals surface area contributed by atoms with Crippen molar-refractivity contribution in [1.82, 2.24) is 5.32 Å². The van der Waals surface area contributed by atoms with Gasteiger partial charge in [0.2, 0.25) is 0 Å². The van der Waals surface area contributed by atoms with Crippen LogP contribution in [-0.4, -0.2) is 23.0 Å². The normalized spacial score (nSPS) is 11.9. The Morgan fingerprint density at radius 3 is 2.41 bits per heavy atom. The highest BCUT2D eigenvalue weighted by Crippen LogP contribution is 2.11. The number of carboxylic acid groups (broad SMARTS) is 1. The van der Waals surface area contributed by atoms with Crippen LogP contribution in [0.1, 0.15) is 62.2 Å². The van der Waals surface area contributed by atoms with Crippen LogP contribution in [0.15, 0.2) is 24.3 Å². The average Bonchev–Trinajstić information content (AvgIpc) is 2.49. The number of nitrogens with one attached hydrogen (secondary N) is 1. The Kier molecular flexibility index (Phi) is 8.18. The molecule has 0 bridgehead atoms. The lowest BCUT2D eigenvalue weighted by molar-refractivity contribution is -0.139. The van der Waals surface area contributed by atoms with Crippen molar-refractivity contribution in [3.05, 3.63) is 35.6 Å². The fourth-order valence-corrected chi connectivity index (χ4v) is 2.27. The van der Waals surface area contributed by atoms with Crippen LogP contribution in [0.3, 0.4) is 0 Å². The van der Waals surface area contributed by atoms with Crippen LogP contribution < -0.4 is 5.32 Å². The zero-order valence-corrected chi connectivity index (χ0v) is 13.0. The highest BCUT2D eigenvalue weighted by molar-refractivity contribution is 5.96. The third kappa shape index (κ3) is 6.24. The van der Waals surface area contributed by atoms with Gasteiger partial charge in [0.25, 0.3) is 5.91 Å². The topological polar surface area (TPSA) is 66.4 Å². The number of benzene rings is 1. The maximum atomic E-state index is 13.5. The van der Waals surface area contributed by atoms with E-state index in [1.165, 1.54) is 24.6 Å². The van der Waals surface area contributed by atoms with Gasteiger partial charge < -0.3 is 10.4 Å². The van der Waals surface area contributed by atoms with Crippen molar-refractivity contribution in [1.29, 1.82) is 0 Å². The van der Waals surface area contributed by atoms with Gasteiger partial charge in [-0.05, 0) is 18.6 Å². The number of unbranched alkanes of at least 4 members (excludes halogenated alkanes) is 5. The summed E-state index contributed by atoms with van der Waals surface area (Å²) in [7, 11) is 0. The van der Waals surface area contributed by atoms with Crippen molar-refractivity contribution >= 4 is 11.9 Å². The molecule has 0 aliphatic carbocycles. The first-order valence-corrected chi connectivity index (χ1v) is 7.84. The zero-order chi connectivity index (χ0) is 16.4. The van der Waals surface area contributed by atoms with Crippen molar-refractivity contribution in [2.24, 2.45) is 0 Å². The highest BCUT2D eigenvalue weighted by atomic mass is 19.1. The van der Waals surface area contributed by atoms with Crippen LogP contribution in [0, 0.1) is 5.82 Å². The van der Waals surface area contributed by atoms with Gasteiger partial charge in [-0.25, -0.2) is 9.18 Å². The van der Waals surface area contributed by atoms with Crippen LogP contribution in [0.2, 0.25) is 0 Å². The minimum Gasteiger partial charge on any atom is -0.480 e. The first-order valence-electron chi connectivity index (χ1n) is 7.84. The molecule has 2 N–H and O–H groups in total. The molecule has 0 saturated heterocycles. The molecule has 0 radical (unpaired) electrons. The molecule has 0 unspecified atom stereocenters. The molecule has 0 heterocycles. The van der Waals surface area contributed by atoms with E-state index in [1.807, 2.05) is 0 Å². The van der Waals surface area contributed by atoms with E-state index in [4.69, 9.17) is 0 Å². The fraction of sp³-hybridized carbons (Fsp3) is 0.529. The van der Waals surface area contributed by atoms with Gasteiger partial charge in [0.15, 0.2) is 0 Å². The molecule has 5 heteroatoms. The molecule has 1 atom stereocenters. The molecule has 0 fully saturated rings. The van der Waals surface area contributed by atoms with Crippen molar-refractivity contribution in [2.45, 2.75) is 57.9 Å². The Hall–Kier alpha value is -1.91. The van der Waals surface area contributed by atoms with Gasteiger partial charge in [-0.2, -0.15) is 0 Å². The largest absolute Gasteiger partial charge is 0.480 e. The van der Waals surface area contributed by atoms with Gasteiger partial charge in [-0.3, -0.25) is 4.79 Å². The van der Waals surface area contributed by atoms with E-state index in [2.05, 4.69) is 12.2 Å². The first-order chi connectivity index (χ1) is 10.6. The van der Waals surface area contributed by atoms with E-state index in [1.54, 1.807) is 6.07 Å². The Morgan fingerprint density at radius 1 is 1.14 bits per heavy atom. The third-order valence-electron chi connectivity index (χ3n) is 3.57. The predicted octanol–water partition coefficient (Wildman–Crippen LogP) is 3.76. The number of carboxylic acids is 1. The summed E-state index contributed by atoms with van der Waals surface area (Å²) in [5, 5.41) is 11.6. The second-order valence-electron chi connectivity index (χ2n) is 5.40. The molecule has 0 aliphatic heterocycles. The molecule has 4 nitrogen and oxygen atoms in total. The zero-order valence-electron chi connectivity index (χ0n) is 13.0. The third-order valence-corrected chi connectivity index (χ3v) is 3.57. The highest BCUT2D eigenvalue weighted by Gasteiger charge is 2.21. The van der Waals surface area contributed by atoms with E-state index in [9.17, 15) is 19.1 Å². The van der Waals surface area contributed by atoms with Gasteiger partial charge in [-0.15, -0.1) is 0 Å². The minimum atomic E-state index is -1.08. The van der Waals surface area contributed by atoms with Crippen molar-refractivity contribution < 1.29 is 19.1 Å². The number of halogens is 1. The summed E-state index contributed by atoms with van der Waals surface area (Å²) in [5.74, 6) is -2.42. The maximum Gasteiger partial charge on any atom is 0.326 e. The summed E-state index contributed by atoms with van der Waals surface area (Å²) >= 11 is 0. The summed E-state index contributed by atoms with van der Waals surface area (Å²) < 4.78 is 13.5. The summed E-state index contributed by atoms with van der Waals surface area (Å²) in [6.07, 6.45) is 6.61. The number of amides is 1. The molecule has 0 spiro atoms. The Balaban J connectivity index is 2.45. The molecular formula is C17H24FNO3. The number of carbonyl (C=O) groups excluding carboxylic acids is 1. The van der Waals surface area contributed by atoms with Crippen molar-refractivity contribution in [2.75, 3.05) is 0 Å². The number of rotatable bonds is 10. The molecule has 0 saturated carbocycles. The maximum absolute atomic E-state index is 13.5. The van der Waals surface area contributed by atoms with E-state index in [0.717, 1.165) is 32.1 Å². The summed E-state index contributed by atoms with van der Waals surface area (Å²) in [5.41, 5.74) is -0.128. The smallest absolute Gasteiger partial charge is 0.326 e. The van der Waals surface area contributed by atoms with Crippen LogP contribution >= 0.6 is 0 Å². The van der Waals surface area contributed by atoms with Crippen LogP contribution in [0.4, 0.5) is 4.39 Å². The molecule has 122 valence electrons. The molecule has 22 heavy (non-hydrogen) atoms. The quantitative estimate of drug-likeness (QED) is 0.647. The summed E-state index contributed by atoms with van der Waals surface area (Å²) in [4.78, 5) is 23.1. The predicted molar refractivity (Wildman–Crippen MR) is 83.3 cm³/mol. The molecule has 1 aromatic rings. The molecular weight excluding hydrogens is 285 g/mol. The number of hydrogen-bond donors (Lipinski definition) is 2. The SMILES string of the molecule is CCCCCCCC[C@@H](NC(=O)c1ccccc1F)C(=O)O. The molecule has 1 amide bonds. The van der Waals surface area contributed by atoms with E-state index >= 15 is 0 Å². The molecule has 0 aromatic heterocycles. The Bertz CT molecular complexity index is 491. The second-order valence-corrected chi connectivity index (χ2v) is 5.40. The van der Waals surface area contributed by atoms with Gasteiger partial charge in [0.1, 0.15) is 11.9 Å². The number of carbonyl (C=O) groups is 2. The van der Waals surface area contributed by atoms with E-state index in [0.29, 0.717) is 6.42 Å². The average molecular weight is 309 g/mol. The van der Waals surface area contributed by atoms with Crippen LogP contribution in [-0.2, 0) is 4.79 Å². The van der Waals surface area contributed by atoms with Gasteiger partial charge in [0.05, 0.1) is 5.56 Å². The lowest BCUT2D eigenvalue weighted by atomic mass is 10.1. The minimum absolute atomic E-state index is 0.128. The summed E-state index contributed by atoms with van der Waals surface area (Å²) in [6, 6.07) is 4.57. The molecule has 0 aliphatic rings. The number of aliphatic carboxylic acids is 1. The van der Waals surface area contributed by atoms with Crippen molar-refractivity contribution in [3.63, 3.8) is 0 Å². The standard InChI is InChI=1S/C17H24FNO3/c1-2-3-4-5-6-7-12-15(17(21)22)19-16(20)13-10-8-9-11-14(13)18/h8-11,15H,2-7,12H2,1H3,(H,19,20)(H,21,22)/t15-/m1/s1. The second kappa shape index (κ2) is 9.92. The van der Waals surface area contributed by atoms with E-state index in [-0.39, 0.29) is 5.56 Å². The fourth-order valence-electron chi connectivity index (χ4n) is 2.27. The van der Waals surface area contributed by atoms with Gasteiger partial charge >= 0.3 is 5.97 Å². The van der Waals surface area contributed by atoms with Gasteiger partial charge in [0, 0.05) is 0 Å². The van der Waals surface area contributed by atoms with Crippen LogP contribution in [0.5, 0.6) is 0 Å². The molecule has 1 rings (SSSR count). The van der Waals surface area contributed by atoms with Gasteiger partial charge in [-0.1, -0.05) is 57.6 Å². The lowest BCUT2D eigenvalue weighted by Crippen LogP contribution is -2.41. The van der Waals surface area contributed by atoms with Crippen molar-refractivity contribution in [3.8, 4) is 0 Å². The molecule has 1 aromatic carbocycles. The number of hydrogen-bond acceptors (Lipinski definition) is 2. The van der Waals surface area contributed by atoms with Crippen LogP contribution in [0.25, 0.3) is 0 Å². The summed E-state index contributed by atoms with van der Waals surface area (Å²) in [6.45, 7) is 2.14. The Labute approximate surface area is 130 Å².